The number of pyridine rings is 1. The van der Waals surface area contributed by atoms with Crippen LogP contribution >= 0.6 is 23.2 Å². The molecule has 0 bridgehead atoms. The molecular weight excluding hydrogens is 481 g/mol. The van der Waals surface area contributed by atoms with E-state index in [1.54, 1.807) is 43.3 Å². The van der Waals surface area contributed by atoms with Gasteiger partial charge in [-0.15, -0.1) is 0 Å². The van der Waals surface area contributed by atoms with Crippen molar-refractivity contribution >= 4 is 40.8 Å². The van der Waals surface area contributed by atoms with E-state index in [-0.39, 0.29) is 17.7 Å². The summed E-state index contributed by atoms with van der Waals surface area (Å²) in [6.45, 7) is 5.29. The van der Waals surface area contributed by atoms with Gasteiger partial charge in [-0.1, -0.05) is 28.4 Å². The molecule has 180 valence electrons. The number of carbonyl (C=O) groups excluding carboxylic acids is 2. The van der Waals surface area contributed by atoms with Gasteiger partial charge in [0.15, 0.2) is 0 Å². The van der Waals surface area contributed by atoms with Crippen molar-refractivity contribution in [3.05, 3.63) is 62.9 Å². The highest BCUT2D eigenvalue weighted by atomic mass is 35.5. The summed E-state index contributed by atoms with van der Waals surface area (Å²) in [4.78, 5) is 33.2. The van der Waals surface area contributed by atoms with Crippen LogP contribution in [0.5, 0.6) is 0 Å². The second kappa shape index (κ2) is 10.1. The zero-order valence-electron chi connectivity index (χ0n) is 19.1. The fourth-order valence-corrected chi connectivity index (χ4v) is 4.75. The van der Waals surface area contributed by atoms with Crippen molar-refractivity contribution in [2.24, 2.45) is 0 Å². The SMILES string of the molecule is COC1=CC=C(NC(C)=O)CC1c1noc(C)c1C(=O)N1CCN(c2ncc(Cl)cc2Cl)CC1. The Kier molecular flexibility index (Phi) is 7.13. The van der Waals surface area contributed by atoms with Gasteiger partial charge in [0, 0.05) is 51.4 Å². The topological polar surface area (TPSA) is 101 Å². The number of aromatic nitrogens is 2. The summed E-state index contributed by atoms with van der Waals surface area (Å²) in [6.07, 6.45) is 5.56. The molecule has 11 heteroatoms. The fraction of sp³-hybridized carbons (Fsp3) is 0.391. The van der Waals surface area contributed by atoms with Crippen LogP contribution in [0.3, 0.4) is 0 Å². The van der Waals surface area contributed by atoms with Crippen LogP contribution in [-0.2, 0) is 9.53 Å². The molecule has 2 aliphatic rings. The summed E-state index contributed by atoms with van der Waals surface area (Å²) >= 11 is 12.3. The van der Waals surface area contributed by atoms with Gasteiger partial charge in [0.2, 0.25) is 5.91 Å². The van der Waals surface area contributed by atoms with E-state index in [2.05, 4.69) is 15.5 Å². The Labute approximate surface area is 207 Å². The molecule has 0 radical (unpaired) electrons. The number of hydrogen-bond donors (Lipinski definition) is 1. The first-order chi connectivity index (χ1) is 16.3. The standard InChI is InChI=1S/C23H25Cl2N5O4/c1-13-20(21(28-34-13)17-11-16(27-14(2)31)4-5-19(17)33-3)23(32)30-8-6-29(7-9-30)22-18(25)10-15(24)12-26-22/h4-5,10,12,17H,6-9,11H2,1-3H3,(H,27,31). The molecule has 0 aromatic carbocycles. The highest BCUT2D eigenvalue weighted by Crippen LogP contribution is 2.36. The van der Waals surface area contributed by atoms with Crippen LogP contribution < -0.4 is 10.2 Å². The Morgan fingerprint density at radius 2 is 1.94 bits per heavy atom. The monoisotopic (exact) mass is 505 g/mol. The molecule has 4 rings (SSSR count). The maximum atomic E-state index is 13.6. The molecule has 1 N–H and O–H groups in total. The van der Waals surface area contributed by atoms with Crippen LogP contribution in [0.1, 0.15) is 41.1 Å². The molecule has 2 aromatic rings. The van der Waals surface area contributed by atoms with Crippen LogP contribution in [-0.4, -0.2) is 60.1 Å². The Balaban J connectivity index is 1.52. The zero-order chi connectivity index (χ0) is 24.4. The van der Waals surface area contributed by atoms with Gasteiger partial charge in [-0.2, -0.15) is 0 Å². The lowest BCUT2D eigenvalue weighted by molar-refractivity contribution is -0.118. The highest BCUT2D eigenvalue weighted by molar-refractivity contribution is 6.36. The van der Waals surface area contributed by atoms with E-state index >= 15 is 0 Å². The third-order valence-electron chi connectivity index (χ3n) is 5.88. The lowest BCUT2D eigenvalue weighted by Gasteiger charge is -2.36. The number of anilines is 1. The lowest BCUT2D eigenvalue weighted by Crippen LogP contribution is -2.49. The number of amides is 2. The van der Waals surface area contributed by atoms with E-state index in [0.29, 0.717) is 71.2 Å². The van der Waals surface area contributed by atoms with Gasteiger partial charge in [0.05, 0.1) is 23.1 Å². The minimum atomic E-state index is -0.355. The van der Waals surface area contributed by atoms with Crippen molar-refractivity contribution in [1.29, 1.82) is 0 Å². The van der Waals surface area contributed by atoms with Crippen molar-refractivity contribution < 1.29 is 18.8 Å². The van der Waals surface area contributed by atoms with Crippen LogP contribution in [0.4, 0.5) is 5.82 Å². The predicted molar refractivity (Wildman–Crippen MR) is 128 cm³/mol. The minimum absolute atomic E-state index is 0.158. The molecule has 9 nitrogen and oxygen atoms in total. The Hall–Kier alpha value is -3.04. The molecule has 1 unspecified atom stereocenters. The zero-order valence-corrected chi connectivity index (χ0v) is 20.6. The normalized spacial score (nSPS) is 18.3. The Bertz CT molecular complexity index is 1170. The molecule has 34 heavy (non-hydrogen) atoms. The Morgan fingerprint density at radius 3 is 2.59 bits per heavy atom. The summed E-state index contributed by atoms with van der Waals surface area (Å²) in [5.74, 6) is 1.05. The van der Waals surface area contributed by atoms with E-state index in [0.717, 1.165) is 5.70 Å². The van der Waals surface area contributed by atoms with Gasteiger partial charge in [-0.3, -0.25) is 9.59 Å². The maximum absolute atomic E-state index is 13.6. The molecule has 1 atom stereocenters. The van der Waals surface area contributed by atoms with Crippen LogP contribution in [0, 0.1) is 6.92 Å². The summed E-state index contributed by atoms with van der Waals surface area (Å²) in [6, 6.07) is 1.66. The van der Waals surface area contributed by atoms with Gasteiger partial charge >= 0.3 is 0 Å². The molecule has 1 fully saturated rings. The van der Waals surface area contributed by atoms with Crippen molar-refractivity contribution in [2.45, 2.75) is 26.2 Å². The molecule has 0 spiro atoms. The number of halogens is 2. The minimum Gasteiger partial charge on any atom is -0.500 e. The van der Waals surface area contributed by atoms with Gasteiger partial charge < -0.3 is 24.4 Å². The summed E-state index contributed by atoms with van der Waals surface area (Å²) in [5.41, 5.74) is 1.64. The number of allylic oxidation sites excluding steroid dienone is 4. The van der Waals surface area contributed by atoms with Gasteiger partial charge in [-0.05, 0) is 25.1 Å². The molecule has 1 saturated heterocycles. The molecule has 0 saturated carbocycles. The molecule has 1 aliphatic heterocycles. The van der Waals surface area contributed by atoms with Crippen molar-refractivity contribution in [3.63, 3.8) is 0 Å². The number of carbonyl (C=O) groups is 2. The van der Waals surface area contributed by atoms with Crippen LogP contribution in [0.25, 0.3) is 0 Å². The summed E-state index contributed by atoms with van der Waals surface area (Å²) < 4.78 is 11.0. The van der Waals surface area contributed by atoms with Crippen molar-refractivity contribution in [2.75, 3.05) is 38.2 Å². The third kappa shape index (κ3) is 4.90. The van der Waals surface area contributed by atoms with Gasteiger partial charge in [-0.25, -0.2) is 4.98 Å². The van der Waals surface area contributed by atoms with E-state index in [4.69, 9.17) is 32.5 Å². The number of methoxy groups -OCH3 is 1. The van der Waals surface area contributed by atoms with E-state index in [1.807, 2.05) is 4.90 Å². The number of piperazine rings is 1. The van der Waals surface area contributed by atoms with Crippen LogP contribution in [0.2, 0.25) is 10.0 Å². The third-order valence-corrected chi connectivity index (χ3v) is 6.36. The maximum Gasteiger partial charge on any atom is 0.259 e. The first-order valence-electron chi connectivity index (χ1n) is 10.8. The van der Waals surface area contributed by atoms with Crippen molar-refractivity contribution in [1.82, 2.24) is 20.4 Å². The highest BCUT2D eigenvalue weighted by Gasteiger charge is 2.35. The Morgan fingerprint density at radius 1 is 1.21 bits per heavy atom. The molecular formula is C23H25Cl2N5O4. The number of aryl methyl sites for hydroxylation is 1. The molecule has 3 heterocycles. The fourth-order valence-electron chi connectivity index (χ4n) is 4.25. The number of nitrogens with one attached hydrogen (secondary N) is 1. The average Bonchev–Trinajstić information content (AvgIpc) is 3.19. The molecule has 2 aromatic heterocycles. The number of hydrogen-bond acceptors (Lipinski definition) is 7. The van der Waals surface area contributed by atoms with Crippen LogP contribution in [0.15, 0.2) is 40.4 Å². The predicted octanol–water partition coefficient (Wildman–Crippen LogP) is 3.68. The molecule has 1 aliphatic carbocycles. The average molecular weight is 506 g/mol. The van der Waals surface area contributed by atoms with Gasteiger partial charge in [0.25, 0.3) is 5.91 Å². The first kappa shape index (κ1) is 24.1. The largest absolute Gasteiger partial charge is 0.500 e. The smallest absolute Gasteiger partial charge is 0.259 e. The van der Waals surface area contributed by atoms with Gasteiger partial charge in [0.1, 0.15) is 28.6 Å². The number of nitrogens with zero attached hydrogens (tertiary/aromatic N) is 4. The molecule has 2 amide bonds. The van der Waals surface area contributed by atoms with E-state index < -0.39 is 0 Å². The number of rotatable bonds is 5. The summed E-state index contributed by atoms with van der Waals surface area (Å²) in [7, 11) is 1.57. The van der Waals surface area contributed by atoms with Crippen molar-refractivity contribution in [3.8, 4) is 0 Å². The van der Waals surface area contributed by atoms with E-state index in [9.17, 15) is 9.59 Å². The lowest BCUT2D eigenvalue weighted by atomic mass is 9.89. The second-order valence-corrected chi connectivity index (χ2v) is 8.98. The van der Waals surface area contributed by atoms with E-state index in [1.165, 1.54) is 6.92 Å². The number of ether oxygens (including phenoxy) is 1. The second-order valence-electron chi connectivity index (χ2n) is 8.14. The summed E-state index contributed by atoms with van der Waals surface area (Å²) in [5, 5.41) is 7.98. The quantitative estimate of drug-likeness (QED) is 0.660. The first-order valence-corrected chi connectivity index (χ1v) is 11.6.